The van der Waals surface area contributed by atoms with Crippen LogP contribution in [0.2, 0.25) is 0 Å². The Kier molecular flexibility index (Phi) is 3.56. The van der Waals surface area contributed by atoms with Crippen LogP contribution in [0.25, 0.3) is 0 Å². The molecule has 2 aliphatic heterocycles. The zero-order valence-electron chi connectivity index (χ0n) is 9.17. The molecule has 7 heteroatoms. The Hall–Kier alpha value is -1.18. The van der Waals surface area contributed by atoms with E-state index >= 15 is 0 Å². The lowest BCUT2D eigenvalue weighted by atomic mass is 10.2. The second-order valence-electron chi connectivity index (χ2n) is 4.10. The SMILES string of the molecule is C.O=S1(=O)NC[C@@H]2COCCN2c2ncccc21. The molecule has 3 heterocycles. The van der Waals surface area contributed by atoms with E-state index < -0.39 is 10.0 Å². The number of morpholine rings is 1. The Morgan fingerprint density at radius 2 is 2.33 bits per heavy atom. The lowest BCUT2D eigenvalue weighted by Crippen LogP contribution is -2.49. The number of pyridine rings is 1. The molecule has 0 amide bonds. The van der Waals surface area contributed by atoms with Crippen LogP contribution in [0, 0.1) is 0 Å². The summed E-state index contributed by atoms with van der Waals surface area (Å²) in [5, 5.41) is 0. The highest BCUT2D eigenvalue weighted by Gasteiger charge is 2.33. The van der Waals surface area contributed by atoms with Crippen molar-refractivity contribution >= 4 is 15.8 Å². The molecule has 100 valence electrons. The monoisotopic (exact) mass is 271 g/mol. The van der Waals surface area contributed by atoms with Crippen LogP contribution in [-0.4, -0.2) is 45.7 Å². The zero-order chi connectivity index (χ0) is 11.9. The van der Waals surface area contributed by atoms with E-state index in [0.29, 0.717) is 32.1 Å². The second-order valence-corrected chi connectivity index (χ2v) is 5.83. The van der Waals surface area contributed by atoms with E-state index in [9.17, 15) is 8.42 Å². The zero-order valence-corrected chi connectivity index (χ0v) is 9.98. The van der Waals surface area contributed by atoms with Crippen molar-refractivity contribution in [2.45, 2.75) is 18.4 Å². The van der Waals surface area contributed by atoms with Gasteiger partial charge in [-0.25, -0.2) is 18.1 Å². The molecule has 2 aliphatic rings. The van der Waals surface area contributed by atoms with E-state index in [1.165, 1.54) is 0 Å². The maximum absolute atomic E-state index is 12.0. The van der Waals surface area contributed by atoms with Gasteiger partial charge in [0.05, 0.1) is 19.3 Å². The van der Waals surface area contributed by atoms with Gasteiger partial charge in [-0.3, -0.25) is 0 Å². The van der Waals surface area contributed by atoms with E-state index in [0.717, 1.165) is 0 Å². The Bertz CT molecular complexity index is 532. The largest absolute Gasteiger partial charge is 0.377 e. The Labute approximate surface area is 107 Å². The highest BCUT2D eigenvalue weighted by Crippen LogP contribution is 2.27. The van der Waals surface area contributed by atoms with Gasteiger partial charge in [-0.1, -0.05) is 7.43 Å². The highest BCUT2D eigenvalue weighted by molar-refractivity contribution is 7.89. The minimum Gasteiger partial charge on any atom is -0.377 e. The molecular weight excluding hydrogens is 254 g/mol. The summed E-state index contributed by atoms with van der Waals surface area (Å²) in [6.07, 6.45) is 1.62. The lowest BCUT2D eigenvalue weighted by Gasteiger charge is -2.34. The molecule has 18 heavy (non-hydrogen) atoms. The fourth-order valence-electron chi connectivity index (χ4n) is 2.19. The summed E-state index contributed by atoms with van der Waals surface area (Å²) in [5.74, 6) is 0.533. The number of sulfonamides is 1. The number of ether oxygens (including phenoxy) is 1. The molecule has 6 nitrogen and oxygen atoms in total. The van der Waals surface area contributed by atoms with Crippen LogP contribution in [0.5, 0.6) is 0 Å². The summed E-state index contributed by atoms with van der Waals surface area (Å²) in [7, 11) is -3.45. The summed E-state index contributed by atoms with van der Waals surface area (Å²) in [4.78, 5) is 6.47. The number of nitrogens with one attached hydrogen (secondary N) is 1. The highest BCUT2D eigenvalue weighted by atomic mass is 32.2. The average Bonchev–Trinajstić information content (AvgIpc) is 2.47. The minimum atomic E-state index is -3.45. The smallest absolute Gasteiger partial charge is 0.244 e. The predicted molar refractivity (Wildman–Crippen MR) is 68.1 cm³/mol. The Morgan fingerprint density at radius 1 is 1.50 bits per heavy atom. The van der Waals surface area contributed by atoms with Crippen molar-refractivity contribution in [2.75, 3.05) is 31.2 Å². The molecule has 1 saturated heterocycles. The van der Waals surface area contributed by atoms with Gasteiger partial charge in [0.1, 0.15) is 10.7 Å². The molecule has 3 rings (SSSR count). The predicted octanol–water partition coefficient (Wildman–Crippen LogP) is 0.215. The van der Waals surface area contributed by atoms with Gasteiger partial charge in [-0.15, -0.1) is 0 Å². The topological polar surface area (TPSA) is 71.5 Å². The summed E-state index contributed by atoms with van der Waals surface area (Å²) in [6, 6.07) is 3.25. The third-order valence-corrected chi connectivity index (χ3v) is 4.49. The molecule has 0 radical (unpaired) electrons. The van der Waals surface area contributed by atoms with Crippen molar-refractivity contribution < 1.29 is 13.2 Å². The molecule has 1 aromatic heterocycles. The molecule has 1 N–H and O–H groups in total. The Balaban J connectivity index is 0.00000120. The van der Waals surface area contributed by atoms with Crippen molar-refractivity contribution in [1.82, 2.24) is 9.71 Å². The molecule has 1 aromatic rings. The number of hydrogen-bond donors (Lipinski definition) is 1. The molecule has 1 fully saturated rings. The van der Waals surface area contributed by atoms with Crippen molar-refractivity contribution in [1.29, 1.82) is 0 Å². The molecule has 0 unspecified atom stereocenters. The third-order valence-electron chi connectivity index (χ3n) is 3.05. The first-order valence-electron chi connectivity index (χ1n) is 5.47. The number of aromatic nitrogens is 1. The first-order valence-corrected chi connectivity index (χ1v) is 6.96. The third kappa shape index (κ3) is 2.09. The minimum absolute atomic E-state index is 0. The first-order chi connectivity index (χ1) is 8.18. The number of hydrogen-bond acceptors (Lipinski definition) is 5. The van der Waals surface area contributed by atoms with Gasteiger partial charge in [0, 0.05) is 19.3 Å². The fourth-order valence-corrected chi connectivity index (χ4v) is 3.43. The molecule has 0 spiro atoms. The van der Waals surface area contributed by atoms with Gasteiger partial charge in [-0.05, 0) is 12.1 Å². The quantitative estimate of drug-likeness (QED) is 0.730. The maximum atomic E-state index is 12.0. The van der Waals surface area contributed by atoms with Gasteiger partial charge < -0.3 is 9.64 Å². The summed E-state index contributed by atoms with van der Waals surface area (Å²) in [5.41, 5.74) is 0. The van der Waals surface area contributed by atoms with Crippen molar-refractivity contribution in [2.24, 2.45) is 0 Å². The van der Waals surface area contributed by atoms with Gasteiger partial charge in [-0.2, -0.15) is 0 Å². The second kappa shape index (κ2) is 4.83. The molecule has 0 saturated carbocycles. The van der Waals surface area contributed by atoms with Crippen LogP contribution < -0.4 is 9.62 Å². The van der Waals surface area contributed by atoms with Gasteiger partial charge in [0.2, 0.25) is 10.0 Å². The van der Waals surface area contributed by atoms with Crippen molar-refractivity contribution in [3.05, 3.63) is 18.3 Å². The summed E-state index contributed by atoms with van der Waals surface area (Å²) >= 11 is 0. The summed E-state index contributed by atoms with van der Waals surface area (Å²) in [6.45, 7) is 2.16. The number of anilines is 1. The standard InChI is InChI=1S/C10H13N3O3S.CH4/c14-17(15)9-2-1-3-11-10(9)13-4-5-16-7-8(13)6-12-17;/h1-3,8,12H,4-7H2;1H4/t8-;/m1./s1. The van der Waals surface area contributed by atoms with Gasteiger partial charge in [0.15, 0.2) is 0 Å². The maximum Gasteiger partial charge on any atom is 0.244 e. The van der Waals surface area contributed by atoms with Gasteiger partial charge in [0.25, 0.3) is 0 Å². The van der Waals surface area contributed by atoms with E-state index in [2.05, 4.69) is 9.71 Å². The lowest BCUT2D eigenvalue weighted by molar-refractivity contribution is 0.0950. The Morgan fingerprint density at radius 3 is 3.17 bits per heavy atom. The van der Waals surface area contributed by atoms with Crippen molar-refractivity contribution in [3.8, 4) is 0 Å². The molecule has 0 aromatic carbocycles. The van der Waals surface area contributed by atoms with Crippen LogP contribution in [0.15, 0.2) is 23.2 Å². The molecule has 1 atom stereocenters. The molecule has 0 bridgehead atoms. The number of fused-ring (bicyclic) bond motifs is 3. The average molecular weight is 271 g/mol. The summed E-state index contributed by atoms with van der Waals surface area (Å²) < 4.78 is 32.0. The van der Waals surface area contributed by atoms with Crippen LogP contribution in [0.3, 0.4) is 0 Å². The van der Waals surface area contributed by atoms with Crippen molar-refractivity contribution in [3.63, 3.8) is 0 Å². The van der Waals surface area contributed by atoms with E-state index in [1.807, 2.05) is 4.90 Å². The molecular formula is C11H17N3O3S. The van der Waals surface area contributed by atoms with Crippen LogP contribution in [0.1, 0.15) is 7.43 Å². The normalized spacial score (nSPS) is 25.3. The fraction of sp³-hybridized carbons (Fsp3) is 0.545. The van der Waals surface area contributed by atoms with E-state index in [-0.39, 0.29) is 18.4 Å². The molecule has 0 aliphatic carbocycles. The van der Waals surface area contributed by atoms with Crippen LogP contribution in [-0.2, 0) is 14.8 Å². The number of nitrogens with zero attached hydrogens (tertiary/aromatic N) is 2. The van der Waals surface area contributed by atoms with Gasteiger partial charge >= 0.3 is 0 Å². The van der Waals surface area contributed by atoms with Crippen LogP contribution >= 0.6 is 0 Å². The van der Waals surface area contributed by atoms with E-state index in [1.54, 1.807) is 18.3 Å². The number of rotatable bonds is 0. The van der Waals surface area contributed by atoms with Crippen LogP contribution in [0.4, 0.5) is 5.82 Å². The van der Waals surface area contributed by atoms with E-state index in [4.69, 9.17) is 4.74 Å². The first kappa shape index (κ1) is 13.3.